The van der Waals surface area contributed by atoms with Crippen molar-refractivity contribution in [2.45, 2.75) is 38.9 Å². The van der Waals surface area contributed by atoms with Crippen molar-refractivity contribution in [2.75, 3.05) is 6.61 Å². The summed E-state index contributed by atoms with van der Waals surface area (Å²) in [6, 6.07) is 9.90. The fourth-order valence-electron chi connectivity index (χ4n) is 3.78. The van der Waals surface area contributed by atoms with Crippen LogP contribution in [0.1, 0.15) is 51.2 Å². The Morgan fingerprint density at radius 1 is 1.20 bits per heavy atom. The number of aromatic nitrogens is 3. The Balaban J connectivity index is 1.88. The van der Waals surface area contributed by atoms with Gasteiger partial charge in [-0.1, -0.05) is 12.1 Å². The van der Waals surface area contributed by atoms with Crippen molar-refractivity contribution < 1.29 is 22.7 Å². The van der Waals surface area contributed by atoms with E-state index in [-0.39, 0.29) is 12.2 Å². The van der Waals surface area contributed by atoms with E-state index in [4.69, 9.17) is 10.3 Å². The lowest BCUT2D eigenvalue weighted by molar-refractivity contribution is -0.186. The van der Waals surface area contributed by atoms with Crippen LogP contribution in [-0.4, -0.2) is 39.2 Å². The van der Waals surface area contributed by atoms with Crippen LogP contribution < -0.4 is 0 Å². The van der Waals surface area contributed by atoms with Crippen molar-refractivity contribution in [3.05, 3.63) is 63.0 Å². The molecule has 0 N–H and O–H groups in total. The highest BCUT2D eigenvalue weighted by atomic mass is 32.1. The maximum Gasteiger partial charge on any atom is 0.422 e. The molecule has 1 aliphatic heterocycles. The zero-order valence-corrected chi connectivity index (χ0v) is 19.4. The Hall–Kier alpha value is -4.03. The van der Waals surface area contributed by atoms with Crippen molar-refractivity contribution in [3.63, 3.8) is 0 Å². The molecular weight excluding hydrogens is 481 g/mol. The van der Waals surface area contributed by atoms with Gasteiger partial charge in [0.2, 0.25) is 0 Å². The van der Waals surface area contributed by atoms with Gasteiger partial charge in [-0.2, -0.15) is 23.7 Å². The van der Waals surface area contributed by atoms with Crippen LogP contribution in [0.4, 0.5) is 13.2 Å². The van der Waals surface area contributed by atoms with Crippen LogP contribution in [0, 0.1) is 36.5 Å². The zero-order valence-electron chi connectivity index (χ0n) is 18.5. The van der Waals surface area contributed by atoms with Gasteiger partial charge in [0.15, 0.2) is 12.4 Å². The van der Waals surface area contributed by atoms with E-state index in [9.17, 15) is 23.2 Å². The quantitative estimate of drug-likeness (QED) is 0.485. The first kappa shape index (κ1) is 24.1. The smallest absolute Gasteiger partial charge is 0.422 e. The van der Waals surface area contributed by atoms with E-state index in [1.165, 1.54) is 11.3 Å². The summed E-state index contributed by atoms with van der Waals surface area (Å²) in [7, 11) is 0. The van der Waals surface area contributed by atoms with Crippen molar-refractivity contribution in [3.8, 4) is 17.1 Å². The molecule has 0 amide bonds. The summed E-state index contributed by atoms with van der Waals surface area (Å²) >= 11 is 1.36. The molecule has 178 valence electrons. The first-order valence-electron chi connectivity index (χ1n) is 10.4. The molecule has 4 rings (SSSR count). The number of hydrogen-bond acceptors (Lipinski definition) is 8. The van der Waals surface area contributed by atoms with E-state index in [1.54, 1.807) is 35.8 Å². The topological polar surface area (TPSA) is 117 Å². The predicted molar refractivity (Wildman–Crippen MR) is 119 cm³/mol. The number of fused-ring (bicyclic) bond motifs is 3. The number of nitriles is 2. The lowest BCUT2D eigenvalue weighted by atomic mass is 9.98. The molecule has 8 nitrogen and oxygen atoms in total. The first-order valence-corrected chi connectivity index (χ1v) is 11.2. The number of rotatable bonds is 5. The number of carbonyl (C=O) groups excluding carboxylic acids is 1. The Kier molecular flexibility index (Phi) is 6.41. The average molecular weight is 498 g/mol. The third kappa shape index (κ3) is 4.79. The molecule has 35 heavy (non-hydrogen) atoms. The first-order chi connectivity index (χ1) is 16.6. The molecule has 12 heteroatoms. The third-order valence-electron chi connectivity index (χ3n) is 5.38. The van der Waals surface area contributed by atoms with Crippen LogP contribution in [0.3, 0.4) is 0 Å². The number of halogens is 3. The maximum atomic E-state index is 12.6. The molecule has 0 unspecified atom stereocenters. The molecule has 3 aromatic rings. The molecule has 0 spiro atoms. The maximum absolute atomic E-state index is 12.6. The number of ether oxygens (including phenoxy) is 1. The van der Waals surface area contributed by atoms with Crippen LogP contribution in [0.15, 0.2) is 29.3 Å². The molecule has 2 aromatic heterocycles. The van der Waals surface area contributed by atoms with E-state index < -0.39 is 31.2 Å². The van der Waals surface area contributed by atoms with E-state index in [0.717, 1.165) is 10.4 Å². The normalized spacial score (nSPS) is 14.7. The second kappa shape index (κ2) is 9.31. The molecular formula is C23H17F3N6O2S. The molecule has 3 heterocycles. The number of benzene rings is 1. The van der Waals surface area contributed by atoms with Gasteiger partial charge in [-0.25, -0.2) is 0 Å². The van der Waals surface area contributed by atoms with Gasteiger partial charge in [0, 0.05) is 16.0 Å². The summed E-state index contributed by atoms with van der Waals surface area (Å²) in [5, 5.41) is 27.4. The van der Waals surface area contributed by atoms with Crippen molar-refractivity contribution in [1.29, 1.82) is 10.5 Å². The highest BCUT2D eigenvalue weighted by molar-refractivity contribution is 7.15. The minimum atomic E-state index is -4.65. The monoisotopic (exact) mass is 498 g/mol. The van der Waals surface area contributed by atoms with Gasteiger partial charge in [-0.05, 0) is 31.5 Å². The van der Waals surface area contributed by atoms with Gasteiger partial charge in [-0.3, -0.25) is 14.4 Å². The highest BCUT2D eigenvalue weighted by Gasteiger charge is 2.34. The molecule has 1 aromatic carbocycles. The Morgan fingerprint density at radius 3 is 2.54 bits per heavy atom. The number of esters is 1. The van der Waals surface area contributed by atoms with Gasteiger partial charge < -0.3 is 4.74 Å². The molecule has 1 aliphatic rings. The number of thiophene rings is 1. The standard InChI is InChI=1S/C23H17F3N6O2S/c1-12-17(7-8-27)35-22-19(12)20(15-5-3-14(10-28)4-6-15)29-16(21-31-30-13(2)32(21)22)9-18(33)34-11-23(24,25)26/h3-6,16H,7,9,11H2,1-2H3/t16-/m0/s1. The molecule has 0 radical (unpaired) electrons. The lowest BCUT2D eigenvalue weighted by Crippen LogP contribution is -2.21. The molecule has 0 saturated heterocycles. The van der Waals surface area contributed by atoms with Crippen LogP contribution in [-0.2, 0) is 16.0 Å². The van der Waals surface area contributed by atoms with Crippen LogP contribution in [0.2, 0.25) is 0 Å². The number of hydrogen-bond donors (Lipinski definition) is 0. The van der Waals surface area contributed by atoms with E-state index in [1.807, 2.05) is 6.92 Å². The highest BCUT2D eigenvalue weighted by Crippen LogP contribution is 2.40. The van der Waals surface area contributed by atoms with Crippen LogP contribution in [0.5, 0.6) is 0 Å². The molecule has 0 bridgehead atoms. The van der Waals surface area contributed by atoms with E-state index >= 15 is 0 Å². The number of nitrogens with zero attached hydrogens (tertiary/aromatic N) is 6. The summed E-state index contributed by atoms with van der Waals surface area (Å²) in [4.78, 5) is 17.9. The number of aryl methyl sites for hydroxylation is 1. The summed E-state index contributed by atoms with van der Waals surface area (Å²) in [5.74, 6) is -0.299. The summed E-state index contributed by atoms with van der Waals surface area (Å²) in [6.45, 7) is 1.88. The molecule has 1 atom stereocenters. The summed E-state index contributed by atoms with van der Waals surface area (Å²) in [5.41, 5.74) is 3.07. The van der Waals surface area contributed by atoms with E-state index in [0.29, 0.717) is 33.2 Å². The van der Waals surface area contributed by atoms with Crippen LogP contribution in [0.25, 0.3) is 5.00 Å². The van der Waals surface area contributed by atoms with Gasteiger partial charge in [0.05, 0.1) is 36.3 Å². The fourth-order valence-corrected chi connectivity index (χ4v) is 5.08. The summed E-state index contributed by atoms with van der Waals surface area (Å²) < 4.78 is 43.8. The van der Waals surface area contributed by atoms with Crippen molar-refractivity contribution in [1.82, 2.24) is 14.8 Å². The van der Waals surface area contributed by atoms with Crippen molar-refractivity contribution >= 4 is 23.0 Å². The zero-order chi connectivity index (χ0) is 25.3. The molecule has 0 fully saturated rings. The number of carbonyl (C=O) groups is 1. The largest absolute Gasteiger partial charge is 0.456 e. The fraction of sp³-hybridized carbons (Fsp3) is 0.304. The lowest BCUT2D eigenvalue weighted by Gasteiger charge is -2.13. The minimum Gasteiger partial charge on any atom is -0.456 e. The Morgan fingerprint density at radius 2 is 1.91 bits per heavy atom. The Bertz CT molecular complexity index is 1410. The minimum absolute atomic E-state index is 0.174. The number of alkyl halides is 3. The molecule has 0 saturated carbocycles. The average Bonchev–Trinajstić information content (AvgIpc) is 3.30. The third-order valence-corrected chi connectivity index (χ3v) is 6.66. The van der Waals surface area contributed by atoms with Gasteiger partial charge in [0.1, 0.15) is 16.9 Å². The van der Waals surface area contributed by atoms with E-state index in [2.05, 4.69) is 27.1 Å². The number of aliphatic imine (C=N–C) groups is 1. The second-order valence-electron chi connectivity index (χ2n) is 7.77. The molecule has 0 aliphatic carbocycles. The summed E-state index contributed by atoms with van der Waals surface area (Å²) in [6.07, 6.45) is -4.95. The predicted octanol–water partition coefficient (Wildman–Crippen LogP) is 4.27. The second-order valence-corrected chi connectivity index (χ2v) is 8.85. The van der Waals surface area contributed by atoms with Gasteiger partial charge in [-0.15, -0.1) is 21.5 Å². The van der Waals surface area contributed by atoms with Gasteiger partial charge in [0.25, 0.3) is 0 Å². The Labute approximate surface area is 201 Å². The SMILES string of the molecule is Cc1c(CC#N)sc2c1C(c1ccc(C#N)cc1)=N[C@@H](CC(=O)OCC(F)(F)F)c1nnc(C)n1-2. The van der Waals surface area contributed by atoms with Crippen LogP contribution >= 0.6 is 11.3 Å². The van der Waals surface area contributed by atoms with Crippen molar-refractivity contribution in [2.24, 2.45) is 4.99 Å². The van der Waals surface area contributed by atoms with Gasteiger partial charge >= 0.3 is 12.1 Å².